The van der Waals surface area contributed by atoms with Gasteiger partial charge in [0, 0.05) is 39.0 Å². The Hall–Kier alpha value is -1.66. The molecule has 0 spiro atoms. The lowest BCUT2D eigenvalue weighted by Crippen LogP contribution is -2.43. The van der Waals surface area contributed by atoms with Crippen molar-refractivity contribution in [2.75, 3.05) is 44.3 Å². The van der Waals surface area contributed by atoms with Crippen LogP contribution in [-0.4, -0.2) is 56.3 Å². The van der Waals surface area contributed by atoms with Crippen LogP contribution in [-0.2, 0) is 4.74 Å². The molecule has 0 aliphatic carbocycles. The number of nitrogens with zero attached hydrogens (tertiary/aromatic N) is 2. The number of amides is 1. The molecule has 0 unspecified atom stereocenters. The average molecular weight is 276 g/mol. The van der Waals surface area contributed by atoms with Gasteiger partial charge < -0.3 is 20.3 Å². The zero-order valence-electron chi connectivity index (χ0n) is 11.5. The molecule has 6 nitrogen and oxygen atoms in total. The Bertz CT molecular complexity index is 451. The second-order valence-electron chi connectivity index (χ2n) is 5.18. The highest BCUT2D eigenvalue weighted by Gasteiger charge is 2.19. The number of hydrogen-bond acceptors (Lipinski definition) is 5. The maximum Gasteiger partial charge on any atom is 0.253 e. The number of anilines is 1. The number of carbonyl (C=O) groups is 1. The summed E-state index contributed by atoms with van der Waals surface area (Å²) in [5.41, 5.74) is 0.607. The number of hydrogen-bond donors (Lipinski definition) is 2. The van der Waals surface area contributed by atoms with Crippen molar-refractivity contribution < 1.29 is 9.53 Å². The molecule has 3 heterocycles. The molecular weight excluding hydrogens is 256 g/mol. The minimum absolute atomic E-state index is 0.0696. The molecule has 1 atom stereocenters. The molecule has 108 valence electrons. The summed E-state index contributed by atoms with van der Waals surface area (Å²) in [6, 6.07) is 3.90. The number of ether oxygens (including phenoxy) is 1. The summed E-state index contributed by atoms with van der Waals surface area (Å²) in [7, 11) is 0. The Morgan fingerprint density at radius 2 is 2.25 bits per heavy atom. The lowest BCUT2D eigenvalue weighted by Gasteiger charge is -2.28. The highest BCUT2D eigenvalue weighted by atomic mass is 16.5. The number of rotatable bonds is 3. The normalized spacial score (nSPS) is 22.8. The van der Waals surface area contributed by atoms with Gasteiger partial charge in [0.05, 0.1) is 18.2 Å². The van der Waals surface area contributed by atoms with Crippen LogP contribution in [0.2, 0.25) is 0 Å². The first-order valence-corrected chi connectivity index (χ1v) is 7.13. The predicted molar refractivity (Wildman–Crippen MR) is 76.0 cm³/mol. The number of piperazine rings is 1. The van der Waals surface area contributed by atoms with Crippen LogP contribution in [0.1, 0.15) is 16.8 Å². The summed E-state index contributed by atoms with van der Waals surface area (Å²) >= 11 is 0. The van der Waals surface area contributed by atoms with E-state index in [0.717, 1.165) is 45.0 Å². The fourth-order valence-electron chi connectivity index (χ4n) is 2.52. The highest BCUT2D eigenvalue weighted by Crippen LogP contribution is 2.12. The fraction of sp³-hybridized carbons (Fsp3) is 0.571. The topological polar surface area (TPSA) is 66.5 Å². The van der Waals surface area contributed by atoms with E-state index in [9.17, 15) is 4.79 Å². The monoisotopic (exact) mass is 276 g/mol. The number of pyridine rings is 1. The molecule has 0 saturated carbocycles. The predicted octanol–water partition coefficient (Wildman–Crippen LogP) is 0.00990. The Labute approximate surface area is 118 Å². The van der Waals surface area contributed by atoms with Crippen molar-refractivity contribution in [3.63, 3.8) is 0 Å². The van der Waals surface area contributed by atoms with Gasteiger partial charge in [-0.2, -0.15) is 0 Å². The third kappa shape index (κ3) is 3.08. The lowest BCUT2D eigenvalue weighted by atomic mass is 10.2. The first-order valence-electron chi connectivity index (χ1n) is 7.13. The van der Waals surface area contributed by atoms with Crippen LogP contribution in [0.5, 0.6) is 0 Å². The van der Waals surface area contributed by atoms with Crippen LogP contribution in [0.4, 0.5) is 5.82 Å². The number of carbonyl (C=O) groups excluding carboxylic acids is 1. The van der Waals surface area contributed by atoms with Crippen molar-refractivity contribution in [2.45, 2.75) is 12.5 Å². The van der Waals surface area contributed by atoms with Crippen LogP contribution in [0.15, 0.2) is 18.3 Å². The molecule has 1 aromatic heterocycles. The van der Waals surface area contributed by atoms with E-state index in [0.29, 0.717) is 12.2 Å². The SMILES string of the molecule is O=C(N[C@@H]1CCOC1)c1ccc(N2CCNCC2)nc1. The van der Waals surface area contributed by atoms with Crippen molar-refractivity contribution in [3.05, 3.63) is 23.9 Å². The van der Waals surface area contributed by atoms with Crippen LogP contribution in [0, 0.1) is 0 Å². The summed E-state index contributed by atoms with van der Waals surface area (Å²) in [6.07, 6.45) is 2.54. The van der Waals surface area contributed by atoms with Gasteiger partial charge in [0.15, 0.2) is 0 Å². The molecule has 2 saturated heterocycles. The van der Waals surface area contributed by atoms with Crippen molar-refractivity contribution in [2.24, 2.45) is 0 Å². The van der Waals surface area contributed by atoms with Crippen LogP contribution in [0.25, 0.3) is 0 Å². The summed E-state index contributed by atoms with van der Waals surface area (Å²) < 4.78 is 5.25. The molecule has 2 aliphatic rings. The summed E-state index contributed by atoms with van der Waals surface area (Å²) in [5.74, 6) is 0.868. The van der Waals surface area contributed by atoms with E-state index in [1.807, 2.05) is 12.1 Å². The van der Waals surface area contributed by atoms with E-state index in [4.69, 9.17) is 4.74 Å². The smallest absolute Gasteiger partial charge is 0.253 e. The zero-order valence-corrected chi connectivity index (χ0v) is 11.5. The van der Waals surface area contributed by atoms with Crippen molar-refractivity contribution in [1.29, 1.82) is 0 Å². The Kier molecular flexibility index (Phi) is 4.13. The second kappa shape index (κ2) is 6.19. The van der Waals surface area contributed by atoms with E-state index in [-0.39, 0.29) is 11.9 Å². The molecule has 0 bridgehead atoms. The third-order valence-electron chi connectivity index (χ3n) is 3.72. The molecule has 2 fully saturated rings. The summed E-state index contributed by atoms with van der Waals surface area (Å²) in [4.78, 5) is 18.7. The largest absolute Gasteiger partial charge is 0.379 e. The number of aromatic nitrogens is 1. The molecule has 6 heteroatoms. The molecule has 0 aromatic carbocycles. The molecule has 1 aromatic rings. The lowest BCUT2D eigenvalue weighted by molar-refractivity contribution is 0.0929. The van der Waals surface area contributed by atoms with Gasteiger partial charge in [-0.1, -0.05) is 0 Å². The molecule has 1 amide bonds. The van der Waals surface area contributed by atoms with Crippen LogP contribution >= 0.6 is 0 Å². The quantitative estimate of drug-likeness (QED) is 0.814. The maximum atomic E-state index is 12.1. The van der Waals surface area contributed by atoms with Gasteiger partial charge >= 0.3 is 0 Å². The van der Waals surface area contributed by atoms with E-state index in [1.165, 1.54) is 0 Å². The molecule has 0 radical (unpaired) electrons. The van der Waals surface area contributed by atoms with E-state index >= 15 is 0 Å². The molecule has 2 N–H and O–H groups in total. The van der Waals surface area contributed by atoms with Crippen LogP contribution in [0.3, 0.4) is 0 Å². The first kappa shape index (κ1) is 13.3. The van der Waals surface area contributed by atoms with Gasteiger partial charge in [-0.25, -0.2) is 4.98 Å². The Balaban J connectivity index is 1.61. The van der Waals surface area contributed by atoms with E-state index in [2.05, 4.69) is 20.5 Å². The average Bonchev–Trinajstić information content (AvgIpc) is 3.01. The summed E-state index contributed by atoms with van der Waals surface area (Å²) in [6.45, 7) is 5.20. The first-order chi connectivity index (χ1) is 9.83. The Morgan fingerprint density at radius 3 is 2.90 bits per heavy atom. The van der Waals surface area contributed by atoms with Crippen molar-refractivity contribution in [3.8, 4) is 0 Å². The maximum absolute atomic E-state index is 12.1. The van der Waals surface area contributed by atoms with Gasteiger partial charge in [-0.3, -0.25) is 4.79 Å². The third-order valence-corrected chi connectivity index (χ3v) is 3.72. The standard InChI is InChI=1S/C14H20N4O2/c19-14(17-12-3-8-20-10-12)11-1-2-13(16-9-11)18-6-4-15-5-7-18/h1-2,9,12,15H,3-8,10H2,(H,17,19)/t12-/m1/s1. The summed E-state index contributed by atoms with van der Waals surface area (Å²) in [5, 5.41) is 6.28. The van der Waals surface area contributed by atoms with E-state index < -0.39 is 0 Å². The van der Waals surface area contributed by atoms with Gasteiger partial charge in [0.1, 0.15) is 5.82 Å². The number of nitrogens with one attached hydrogen (secondary N) is 2. The van der Waals surface area contributed by atoms with Crippen LogP contribution < -0.4 is 15.5 Å². The van der Waals surface area contributed by atoms with Gasteiger partial charge in [0.25, 0.3) is 5.91 Å². The van der Waals surface area contributed by atoms with Gasteiger partial charge in [-0.05, 0) is 18.6 Å². The molecule has 2 aliphatic heterocycles. The van der Waals surface area contributed by atoms with Crippen molar-refractivity contribution >= 4 is 11.7 Å². The molecule has 20 heavy (non-hydrogen) atoms. The molecule has 3 rings (SSSR count). The highest BCUT2D eigenvalue weighted by molar-refractivity contribution is 5.94. The van der Waals surface area contributed by atoms with Crippen molar-refractivity contribution in [1.82, 2.24) is 15.6 Å². The van der Waals surface area contributed by atoms with E-state index in [1.54, 1.807) is 6.20 Å². The second-order valence-corrected chi connectivity index (χ2v) is 5.18. The zero-order chi connectivity index (χ0) is 13.8. The van der Waals surface area contributed by atoms with Gasteiger partial charge in [0.2, 0.25) is 0 Å². The molecular formula is C14H20N4O2. The minimum atomic E-state index is -0.0696. The minimum Gasteiger partial charge on any atom is -0.379 e. The van der Waals surface area contributed by atoms with Gasteiger partial charge in [-0.15, -0.1) is 0 Å². The Morgan fingerprint density at radius 1 is 1.40 bits per heavy atom. The fourth-order valence-corrected chi connectivity index (χ4v) is 2.52.